The summed E-state index contributed by atoms with van der Waals surface area (Å²) in [6.45, 7) is 9.06. The van der Waals surface area contributed by atoms with E-state index in [1.165, 1.54) is 0 Å². The number of benzene rings is 3. The molecule has 6 nitrogen and oxygen atoms in total. The Bertz CT molecular complexity index is 1540. The summed E-state index contributed by atoms with van der Waals surface area (Å²) < 4.78 is 18.1. The molecule has 0 radical (unpaired) electrons. The summed E-state index contributed by atoms with van der Waals surface area (Å²) in [5, 5.41) is 0.466. The van der Waals surface area contributed by atoms with E-state index in [2.05, 4.69) is 6.92 Å². The van der Waals surface area contributed by atoms with Crippen LogP contribution in [0.25, 0.3) is 11.0 Å². The molecule has 1 aromatic heterocycles. The molecule has 38 heavy (non-hydrogen) atoms. The van der Waals surface area contributed by atoms with Gasteiger partial charge in [-0.05, 0) is 69.2 Å². The number of amides is 1. The molecule has 0 bridgehead atoms. The second-order valence-corrected chi connectivity index (χ2v) is 9.78. The Kier molecular flexibility index (Phi) is 7.23. The van der Waals surface area contributed by atoms with Crippen molar-refractivity contribution >= 4 is 22.6 Å². The van der Waals surface area contributed by atoms with Gasteiger partial charge in [0.15, 0.2) is 16.9 Å². The molecule has 1 unspecified atom stereocenters. The standard InChI is InChI=1S/C32H33NO5/c1-5-7-8-17-37-26-16-12-22(19-27(26)36-6-2)29-28-30(34)24-18-21(4)11-15-25(24)38-31(28)32(35)33(29)23-13-9-20(3)10-14-23/h9-16,18-19,29H,5-8,17H2,1-4H3. The Morgan fingerprint density at radius 1 is 0.842 bits per heavy atom. The normalized spacial score (nSPS) is 14.7. The summed E-state index contributed by atoms with van der Waals surface area (Å²) in [7, 11) is 0. The van der Waals surface area contributed by atoms with Gasteiger partial charge >= 0.3 is 0 Å². The van der Waals surface area contributed by atoms with Crippen molar-refractivity contribution in [2.24, 2.45) is 0 Å². The van der Waals surface area contributed by atoms with Gasteiger partial charge in [-0.2, -0.15) is 0 Å². The molecule has 1 amide bonds. The maximum atomic E-state index is 13.9. The Labute approximate surface area is 222 Å². The van der Waals surface area contributed by atoms with E-state index in [0.29, 0.717) is 46.9 Å². The maximum absolute atomic E-state index is 13.9. The van der Waals surface area contributed by atoms with Crippen molar-refractivity contribution in [3.63, 3.8) is 0 Å². The fourth-order valence-electron chi connectivity index (χ4n) is 4.99. The third kappa shape index (κ3) is 4.67. The van der Waals surface area contributed by atoms with Crippen LogP contribution in [0.4, 0.5) is 5.69 Å². The van der Waals surface area contributed by atoms with Crippen molar-refractivity contribution in [2.75, 3.05) is 18.1 Å². The van der Waals surface area contributed by atoms with Gasteiger partial charge in [0.1, 0.15) is 5.58 Å². The molecular weight excluding hydrogens is 478 g/mol. The fourth-order valence-corrected chi connectivity index (χ4v) is 4.99. The monoisotopic (exact) mass is 511 g/mol. The number of rotatable bonds is 9. The van der Waals surface area contributed by atoms with Crippen molar-refractivity contribution < 1.29 is 18.7 Å². The van der Waals surface area contributed by atoms with E-state index in [0.717, 1.165) is 36.0 Å². The molecule has 0 spiro atoms. The second kappa shape index (κ2) is 10.7. The van der Waals surface area contributed by atoms with E-state index in [-0.39, 0.29) is 17.1 Å². The number of fused-ring (bicyclic) bond motifs is 2. The molecule has 2 heterocycles. The van der Waals surface area contributed by atoms with Gasteiger partial charge in [0, 0.05) is 5.69 Å². The van der Waals surface area contributed by atoms with Gasteiger partial charge in [0.05, 0.1) is 30.2 Å². The zero-order chi connectivity index (χ0) is 26.8. The lowest BCUT2D eigenvalue weighted by atomic mass is 9.97. The van der Waals surface area contributed by atoms with E-state index in [1.54, 1.807) is 11.0 Å². The lowest BCUT2D eigenvalue weighted by Gasteiger charge is -2.26. The third-order valence-corrected chi connectivity index (χ3v) is 6.93. The summed E-state index contributed by atoms with van der Waals surface area (Å²) >= 11 is 0. The number of nitrogens with zero attached hydrogens (tertiary/aromatic N) is 1. The third-order valence-electron chi connectivity index (χ3n) is 6.93. The average Bonchev–Trinajstić information content (AvgIpc) is 3.20. The maximum Gasteiger partial charge on any atom is 0.295 e. The van der Waals surface area contributed by atoms with Gasteiger partial charge in [-0.15, -0.1) is 0 Å². The summed E-state index contributed by atoms with van der Waals surface area (Å²) in [6.07, 6.45) is 3.17. The van der Waals surface area contributed by atoms with Gasteiger partial charge in [-0.1, -0.05) is 55.2 Å². The summed E-state index contributed by atoms with van der Waals surface area (Å²) in [5.74, 6) is 0.979. The highest BCUT2D eigenvalue weighted by Crippen LogP contribution is 2.43. The smallest absolute Gasteiger partial charge is 0.295 e. The number of unbranched alkanes of at least 4 members (excludes halogenated alkanes) is 2. The van der Waals surface area contributed by atoms with Gasteiger partial charge in [0.2, 0.25) is 5.76 Å². The zero-order valence-electron chi connectivity index (χ0n) is 22.4. The molecule has 0 aliphatic carbocycles. The number of aryl methyl sites for hydroxylation is 2. The van der Waals surface area contributed by atoms with Crippen LogP contribution in [0.2, 0.25) is 0 Å². The topological polar surface area (TPSA) is 69.0 Å². The summed E-state index contributed by atoms with van der Waals surface area (Å²) in [6, 6.07) is 18.1. The van der Waals surface area contributed by atoms with Crippen LogP contribution >= 0.6 is 0 Å². The Hall–Kier alpha value is -4.06. The molecule has 1 aliphatic rings. The van der Waals surface area contributed by atoms with Crippen LogP contribution in [0.1, 0.15) is 72.0 Å². The van der Waals surface area contributed by atoms with Crippen molar-refractivity contribution in [2.45, 2.75) is 53.0 Å². The lowest BCUT2D eigenvalue weighted by molar-refractivity contribution is 0.0971. The van der Waals surface area contributed by atoms with Gasteiger partial charge in [-0.3, -0.25) is 14.5 Å². The molecule has 0 saturated carbocycles. The Morgan fingerprint density at radius 2 is 1.61 bits per heavy atom. The molecule has 1 atom stereocenters. The highest BCUT2D eigenvalue weighted by molar-refractivity contribution is 6.10. The number of hydrogen-bond acceptors (Lipinski definition) is 5. The van der Waals surface area contributed by atoms with Crippen molar-refractivity contribution in [1.29, 1.82) is 0 Å². The van der Waals surface area contributed by atoms with Gasteiger partial charge in [0.25, 0.3) is 5.91 Å². The first-order valence-electron chi connectivity index (χ1n) is 13.3. The number of anilines is 1. The van der Waals surface area contributed by atoms with Crippen LogP contribution in [0.3, 0.4) is 0 Å². The van der Waals surface area contributed by atoms with E-state index in [1.807, 2.05) is 75.4 Å². The minimum atomic E-state index is -0.672. The molecule has 1 aliphatic heterocycles. The van der Waals surface area contributed by atoms with Crippen LogP contribution in [-0.2, 0) is 0 Å². The minimum Gasteiger partial charge on any atom is -0.490 e. The molecule has 6 heteroatoms. The molecule has 4 aromatic rings. The molecule has 0 saturated heterocycles. The quantitative estimate of drug-likeness (QED) is 0.224. The van der Waals surface area contributed by atoms with Crippen LogP contribution in [0.5, 0.6) is 11.5 Å². The predicted octanol–water partition coefficient (Wildman–Crippen LogP) is 7.13. The second-order valence-electron chi connectivity index (χ2n) is 9.78. The predicted molar refractivity (Wildman–Crippen MR) is 150 cm³/mol. The molecule has 0 N–H and O–H groups in total. The van der Waals surface area contributed by atoms with Crippen molar-refractivity contribution in [3.05, 3.63) is 98.9 Å². The number of ether oxygens (including phenoxy) is 2. The molecule has 0 fully saturated rings. The van der Waals surface area contributed by atoms with Crippen LogP contribution in [-0.4, -0.2) is 19.1 Å². The zero-order valence-corrected chi connectivity index (χ0v) is 22.4. The molecule has 3 aromatic carbocycles. The summed E-state index contributed by atoms with van der Waals surface area (Å²) in [4.78, 5) is 29.4. The van der Waals surface area contributed by atoms with E-state index < -0.39 is 6.04 Å². The molecule has 5 rings (SSSR count). The Morgan fingerprint density at radius 3 is 2.34 bits per heavy atom. The SMILES string of the molecule is CCCCCOc1ccc(C2c3c(oc4ccc(C)cc4c3=O)C(=O)N2c2ccc(C)cc2)cc1OCC. The highest BCUT2D eigenvalue weighted by Gasteiger charge is 2.44. The molecule has 196 valence electrons. The Balaban J connectivity index is 1.68. The average molecular weight is 512 g/mol. The first kappa shape index (κ1) is 25.6. The fraction of sp³-hybridized carbons (Fsp3) is 0.312. The van der Waals surface area contributed by atoms with Crippen molar-refractivity contribution in [3.8, 4) is 11.5 Å². The van der Waals surface area contributed by atoms with Gasteiger partial charge in [-0.25, -0.2) is 0 Å². The van der Waals surface area contributed by atoms with E-state index in [9.17, 15) is 9.59 Å². The largest absolute Gasteiger partial charge is 0.490 e. The minimum absolute atomic E-state index is 0.0785. The van der Waals surface area contributed by atoms with Crippen LogP contribution < -0.4 is 19.8 Å². The van der Waals surface area contributed by atoms with Gasteiger partial charge < -0.3 is 13.9 Å². The van der Waals surface area contributed by atoms with E-state index >= 15 is 0 Å². The van der Waals surface area contributed by atoms with Crippen LogP contribution in [0.15, 0.2) is 69.9 Å². The van der Waals surface area contributed by atoms with E-state index in [4.69, 9.17) is 13.9 Å². The van der Waals surface area contributed by atoms with Crippen molar-refractivity contribution in [1.82, 2.24) is 0 Å². The summed E-state index contributed by atoms with van der Waals surface area (Å²) in [5.41, 5.74) is 4.01. The first-order valence-corrected chi connectivity index (χ1v) is 13.3. The lowest BCUT2D eigenvalue weighted by Crippen LogP contribution is -2.29. The number of carbonyl (C=O) groups excluding carboxylic acids is 1. The number of hydrogen-bond donors (Lipinski definition) is 0. The number of carbonyl (C=O) groups is 1. The van der Waals surface area contributed by atoms with Crippen LogP contribution in [0, 0.1) is 13.8 Å². The molecular formula is C32H33NO5. The first-order chi connectivity index (χ1) is 18.4. The highest BCUT2D eigenvalue weighted by atomic mass is 16.5.